The molecule has 1 unspecified atom stereocenters. The van der Waals surface area contributed by atoms with E-state index in [1.54, 1.807) is 0 Å². The topological polar surface area (TPSA) is 51.0 Å². The first-order valence-corrected chi connectivity index (χ1v) is 8.44. The molecule has 1 N–H and O–H groups in total. The molecule has 4 nitrogen and oxygen atoms in total. The van der Waals surface area contributed by atoms with Crippen LogP contribution in [0.15, 0.2) is 63.6 Å². The van der Waals surface area contributed by atoms with Crippen molar-refractivity contribution < 1.29 is 4.52 Å². The van der Waals surface area contributed by atoms with Gasteiger partial charge in [0, 0.05) is 16.6 Å². The second-order valence-corrected chi connectivity index (χ2v) is 6.72. The van der Waals surface area contributed by atoms with E-state index < -0.39 is 0 Å². The number of hydrogen-bond donors (Lipinski definition) is 1. The molecule has 1 fully saturated rings. The molecule has 2 aromatic carbocycles. The minimum atomic E-state index is -0.238. The van der Waals surface area contributed by atoms with Crippen molar-refractivity contribution >= 4 is 15.9 Å². The molecular weight excluding hydrogens is 354 g/mol. The molecule has 5 heteroatoms. The molecule has 0 aliphatic carbocycles. The molecule has 4 rings (SSSR count). The highest BCUT2D eigenvalue weighted by Gasteiger charge is 2.42. The van der Waals surface area contributed by atoms with Crippen molar-refractivity contribution in [1.82, 2.24) is 15.5 Å². The van der Waals surface area contributed by atoms with Crippen molar-refractivity contribution in [1.29, 1.82) is 0 Å². The summed E-state index contributed by atoms with van der Waals surface area (Å²) in [7, 11) is 0. The molecule has 116 valence electrons. The number of hydrogen-bond acceptors (Lipinski definition) is 4. The maximum absolute atomic E-state index is 5.68. The lowest BCUT2D eigenvalue weighted by molar-refractivity contribution is 0.320. The van der Waals surface area contributed by atoms with Gasteiger partial charge in [-0.2, -0.15) is 4.98 Å². The zero-order chi connectivity index (χ0) is 15.7. The Labute approximate surface area is 143 Å². The van der Waals surface area contributed by atoms with Gasteiger partial charge < -0.3 is 9.84 Å². The van der Waals surface area contributed by atoms with E-state index in [2.05, 4.69) is 50.7 Å². The minimum absolute atomic E-state index is 0.238. The molecule has 0 bridgehead atoms. The first kappa shape index (κ1) is 14.6. The van der Waals surface area contributed by atoms with Crippen LogP contribution in [-0.2, 0) is 5.41 Å². The van der Waals surface area contributed by atoms with Gasteiger partial charge in [-0.25, -0.2) is 0 Å². The van der Waals surface area contributed by atoms with Crippen LogP contribution in [-0.4, -0.2) is 23.2 Å². The van der Waals surface area contributed by atoms with Crippen LogP contribution in [0, 0.1) is 0 Å². The number of halogens is 1. The zero-order valence-electron chi connectivity index (χ0n) is 12.5. The maximum Gasteiger partial charge on any atom is 0.238 e. The molecule has 1 saturated heterocycles. The van der Waals surface area contributed by atoms with Crippen molar-refractivity contribution in [3.63, 3.8) is 0 Å². The third kappa shape index (κ3) is 2.60. The lowest BCUT2D eigenvalue weighted by atomic mass is 9.79. The first-order chi connectivity index (χ1) is 11.3. The van der Waals surface area contributed by atoms with Gasteiger partial charge in [0.2, 0.25) is 11.7 Å². The van der Waals surface area contributed by atoms with Gasteiger partial charge in [0.25, 0.3) is 0 Å². The zero-order valence-corrected chi connectivity index (χ0v) is 14.1. The fourth-order valence-electron chi connectivity index (χ4n) is 3.16. The molecule has 1 aliphatic rings. The molecule has 2 heterocycles. The molecular formula is C18H16BrN3O. The van der Waals surface area contributed by atoms with E-state index >= 15 is 0 Å². The Morgan fingerprint density at radius 3 is 2.70 bits per heavy atom. The van der Waals surface area contributed by atoms with Crippen LogP contribution in [0.5, 0.6) is 0 Å². The second-order valence-electron chi connectivity index (χ2n) is 5.81. The van der Waals surface area contributed by atoms with Gasteiger partial charge in [-0.1, -0.05) is 63.6 Å². The fraction of sp³-hybridized carbons (Fsp3) is 0.222. The Balaban J connectivity index is 1.77. The Morgan fingerprint density at radius 2 is 1.96 bits per heavy atom. The smallest absolute Gasteiger partial charge is 0.238 e. The van der Waals surface area contributed by atoms with Crippen LogP contribution in [0.1, 0.15) is 17.9 Å². The number of benzene rings is 2. The number of aromatic nitrogens is 2. The van der Waals surface area contributed by atoms with Crippen LogP contribution >= 0.6 is 15.9 Å². The third-order valence-corrected chi connectivity index (χ3v) is 4.89. The Hall–Kier alpha value is -1.98. The first-order valence-electron chi connectivity index (χ1n) is 7.64. The van der Waals surface area contributed by atoms with Gasteiger partial charge in [-0.3, -0.25) is 0 Å². The molecule has 23 heavy (non-hydrogen) atoms. The monoisotopic (exact) mass is 369 g/mol. The van der Waals surface area contributed by atoms with Gasteiger partial charge in [-0.15, -0.1) is 0 Å². The van der Waals surface area contributed by atoms with Gasteiger partial charge in [-0.05, 0) is 30.7 Å². The van der Waals surface area contributed by atoms with Crippen molar-refractivity contribution in [2.75, 3.05) is 13.1 Å². The standard InChI is InChI=1S/C18H16BrN3O/c19-15-8-4-5-13(11-15)16-21-17(23-22-16)18(9-10-20-12-18)14-6-2-1-3-7-14/h1-8,11,20H,9-10,12H2. The van der Waals surface area contributed by atoms with Crippen molar-refractivity contribution in [3.8, 4) is 11.4 Å². The highest BCUT2D eigenvalue weighted by Crippen LogP contribution is 2.37. The third-order valence-electron chi connectivity index (χ3n) is 4.40. The van der Waals surface area contributed by atoms with Crippen LogP contribution in [0.3, 0.4) is 0 Å². The predicted molar refractivity (Wildman–Crippen MR) is 92.1 cm³/mol. The van der Waals surface area contributed by atoms with Gasteiger partial charge in [0.1, 0.15) is 0 Å². The Bertz CT molecular complexity index is 810. The van der Waals surface area contributed by atoms with Crippen LogP contribution < -0.4 is 5.32 Å². The number of nitrogens with one attached hydrogen (secondary N) is 1. The Morgan fingerprint density at radius 1 is 1.09 bits per heavy atom. The normalized spacial score (nSPS) is 20.7. The number of rotatable bonds is 3. The van der Waals surface area contributed by atoms with Crippen LogP contribution in [0.4, 0.5) is 0 Å². The van der Waals surface area contributed by atoms with E-state index in [1.165, 1.54) is 5.56 Å². The molecule has 1 atom stereocenters. The summed E-state index contributed by atoms with van der Waals surface area (Å²) in [6.07, 6.45) is 0.955. The van der Waals surface area contributed by atoms with Gasteiger partial charge in [0.05, 0.1) is 5.41 Å². The van der Waals surface area contributed by atoms with E-state index in [9.17, 15) is 0 Å². The van der Waals surface area contributed by atoms with Gasteiger partial charge in [0.15, 0.2) is 0 Å². The lowest BCUT2D eigenvalue weighted by Gasteiger charge is -2.24. The van der Waals surface area contributed by atoms with E-state index in [1.807, 2.05) is 30.3 Å². The SMILES string of the molecule is Brc1cccc(-c2noc(C3(c4ccccc4)CCNC3)n2)c1. The summed E-state index contributed by atoms with van der Waals surface area (Å²) in [6.45, 7) is 1.76. The highest BCUT2D eigenvalue weighted by molar-refractivity contribution is 9.10. The molecule has 0 spiro atoms. The fourth-order valence-corrected chi connectivity index (χ4v) is 3.56. The average molecular weight is 370 g/mol. The maximum atomic E-state index is 5.68. The molecule has 3 aromatic rings. The largest absolute Gasteiger partial charge is 0.338 e. The van der Waals surface area contributed by atoms with E-state index in [-0.39, 0.29) is 5.41 Å². The lowest BCUT2D eigenvalue weighted by Crippen LogP contribution is -2.30. The predicted octanol–water partition coefficient (Wildman–Crippen LogP) is 3.78. The Kier molecular flexibility index (Phi) is 3.75. The average Bonchev–Trinajstić information content (AvgIpc) is 3.26. The van der Waals surface area contributed by atoms with Crippen molar-refractivity contribution in [3.05, 3.63) is 70.5 Å². The molecule has 1 aromatic heterocycles. The summed E-state index contributed by atoms with van der Waals surface area (Å²) in [4.78, 5) is 4.71. The quantitative estimate of drug-likeness (QED) is 0.763. The molecule has 0 saturated carbocycles. The minimum Gasteiger partial charge on any atom is -0.338 e. The van der Waals surface area contributed by atoms with Crippen LogP contribution in [0.2, 0.25) is 0 Å². The summed E-state index contributed by atoms with van der Waals surface area (Å²) in [5.74, 6) is 1.31. The van der Waals surface area contributed by atoms with Crippen molar-refractivity contribution in [2.45, 2.75) is 11.8 Å². The van der Waals surface area contributed by atoms with Crippen LogP contribution in [0.25, 0.3) is 11.4 Å². The highest BCUT2D eigenvalue weighted by atomic mass is 79.9. The van der Waals surface area contributed by atoms with E-state index in [4.69, 9.17) is 9.51 Å². The second kappa shape index (κ2) is 5.91. The summed E-state index contributed by atoms with van der Waals surface area (Å²) in [5.41, 5.74) is 1.93. The van der Waals surface area contributed by atoms with E-state index in [0.29, 0.717) is 11.7 Å². The van der Waals surface area contributed by atoms with E-state index in [0.717, 1.165) is 29.5 Å². The summed E-state index contributed by atoms with van der Waals surface area (Å²) in [6, 6.07) is 18.4. The molecule has 0 radical (unpaired) electrons. The van der Waals surface area contributed by atoms with Gasteiger partial charge >= 0.3 is 0 Å². The summed E-state index contributed by atoms with van der Waals surface area (Å²) in [5, 5.41) is 7.64. The molecule has 1 aliphatic heterocycles. The molecule has 0 amide bonds. The van der Waals surface area contributed by atoms with Crippen molar-refractivity contribution in [2.24, 2.45) is 0 Å². The summed E-state index contributed by atoms with van der Waals surface area (Å²) < 4.78 is 6.69. The summed E-state index contributed by atoms with van der Waals surface area (Å²) >= 11 is 3.48. The number of nitrogens with zero attached hydrogens (tertiary/aromatic N) is 2.